The van der Waals surface area contributed by atoms with E-state index in [4.69, 9.17) is 5.11 Å². The third-order valence-electron chi connectivity index (χ3n) is 2.18. The molecule has 0 radical (unpaired) electrons. The van der Waals surface area contributed by atoms with Crippen LogP contribution in [0.3, 0.4) is 0 Å². The predicted octanol–water partition coefficient (Wildman–Crippen LogP) is 1.78. The molecule has 0 saturated carbocycles. The molecule has 0 bridgehead atoms. The summed E-state index contributed by atoms with van der Waals surface area (Å²) < 4.78 is 25.7. The van der Waals surface area contributed by atoms with Crippen molar-refractivity contribution in [2.75, 3.05) is 17.1 Å². The third-order valence-corrected chi connectivity index (χ3v) is 4.41. The molecule has 0 aliphatic rings. The molecule has 2 N–H and O–H groups in total. The van der Waals surface area contributed by atoms with Crippen molar-refractivity contribution in [2.45, 2.75) is 32.6 Å². The topological polar surface area (TPSA) is 79.3 Å². The molecule has 0 fully saturated rings. The molecule has 0 spiro atoms. The fraction of sp³-hybridized carbons (Fsp3) is 0.700. The number of aliphatic hydroxyl groups is 1. The van der Waals surface area contributed by atoms with Crippen molar-refractivity contribution in [1.82, 2.24) is 4.98 Å². The summed E-state index contributed by atoms with van der Waals surface area (Å²) in [6, 6.07) is 0. The van der Waals surface area contributed by atoms with E-state index in [0.717, 1.165) is 5.69 Å². The lowest BCUT2D eigenvalue weighted by molar-refractivity contribution is 0.287. The first-order chi connectivity index (χ1) is 7.94. The summed E-state index contributed by atoms with van der Waals surface area (Å²) in [6.45, 7) is 4.04. The van der Waals surface area contributed by atoms with Gasteiger partial charge in [-0.2, -0.15) is 0 Å². The van der Waals surface area contributed by atoms with Gasteiger partial charge in [-0.15, -0.1) is 11.3 Å². The van der Waals surface area contributed by atoms with Crippen molar-refractivity contribution in [3.8, 4) is 0 Å². The van der Waals surface area contributed by atoms with Gasteiger partial charge in [-0.3, -0.25) is 4.72 Å². The second-order valence-corrected chi connectivity index (χ2v) is 6.78. The van der Waals surface area contributed by atoms with Crippen molar-refractivity contribution in [3.63, 3.8) is 0 Å². The lowest BCUT2D eigenvalue weighted by Gasteiger charge is -2.04. The van der Waals surface area contributed by atoms with Gasteiger partial charge in [0.1, 0.15) is 0 Å². The molecule has 1 aromatic rings. The van der Waals surface area contributed by atoms with Crippen LogP contribution in [0.4, 0.5) is 5.13 Å². The van der Waals surface area contributed by atoms with Gasteiger partial charge in [0.15, 0.2) is 5.13 Å². The smallest absolute Gasteiger partial charge is 0.234 e. The Labute approximate surface area is 106 Å². The lowest BCUT2D eigenvalue weighted by Crippen LogP contribution is -2.16. The maximum Gasteiger partial charge on any atom is 0.234 e. The van der Waals surface area contributed by atoms with Crippen molar-refractivity contribution in [3.05, 3.63) is 11.1 Å². The summed E-state index contributed by atoms with van der Waals surface area (Å²) in [6.07, 6.45) is 0.949. The Morgan fingerprint density at radius 2 is 2.18 bits per heavy atom. The van der Waals surface area contributed by atoms with Crippen molar-refractivity contribution >= 4 is 26.5 Å². The second-order valence-electron chi connectivity index (χ2n) is 4.08. The zero-order valence-electron chi connectivity index (χ0n) is 10.0. The molecule has 0 atom stereocenters. The summed E-state index contributed by atoms with van der Waals surface area (Å²) >= 11 is 1.29. The van der Waals surface area contributed by atoms with E-state index in [0.29, 0.717) is 23.9 Å². The molecule has 1 aromatic heterocycles. The summed E-state index contributed by atoms with van der Waals surface area (Å²) in [7, 11) is -3.33. The van der Waals surface area contributed by atoms with Gasteiger partial charge in [0.25, 0.3) is 0 Å². The molecule has 1 rings (SSSR count). The highest BCUT2D eigenvalue weighted by atomic mass is 32.2. The quantitative estimate of drug-likeness (QED) is 0.745. The number of sulfonamides is 1. The summed E-state index contributed by atoms with van der Waals surface area (Å²) in [5, 5.41) is 10.9. The molecule has 0 aromatic carbocycles. The van der Waals surface area contributed by atoms with Crippen LogP contribution in [0.15, 0.2) is 5.38 Å². The number of rotatable bonds is 7. The first kappa shape index (κ1) is 14.4. The number of unbranched alkanes of at least 4 members (excludes halogenated alkanes) is 1. The highest BCUT2D eigenvalue weighted by Crippen LogP contribution is 2.22. The minimum Gasteiger partial charge on any atom is -0.396 e. The van der Waals surface area contributed by atoms with E-state index >= 15 is 0 Å². The van der Waals surface area contributed by atoms with E-state index in [-0.39, 0.29) is 12.4 Å². The van der Waals surface area contributed by atoms with Crippen molar-refractivity contribution in [2.24, 2.45) is 0 Å². The number of nitrogens with zero attached hydrogens (tertiary/aromatic N) is 1. The normalized spacial score (nSPS) is 12.0. The van der Waals surface area contributed by atoms with Crippen LogP contribution < -0.4 is 4.72 Å². The number of hydrogen-bond acceptors (Lipinski definition) is 5. The molecule has 1 heterocycles. The molecule has 0 saturated heterocycles. The molecule has 0 aliphatic carbocycles. The standard InChI is InChI=1S/C10H18N2O3S2/c1-8(2)9-7-16-10(11-9)12-17(14,15)6-4-3-5-13/h7-8,13H,3-6H2,1-2H3,(H,11,12). The largest absolute Gasteiger partial charge is 0.396 e. The van der Waals surface area contributed by atoms with E-state index in [1.54, 1.807) is 0 Å². The van der Waals surface area contributed by atoms with Gasteiger partial charge in [0.05, 0.1) is 11.4 Å². The maximum absolute atomic E-state index is 11.6. The minimum absolute atomic E-state index is 0.0180. The average Bonchev–Trinajstić information content (AvgIpc) is 2.65. The number of aromatic nitrogens is 1. The van der Waals surface area contributed by atoms with Crippen LogP contribution in [-0.4, -0.2) is 30.9 Å². The molecular formula is C10H18N2O3S2. The minimum atomic E-state index is -3.33. The highest BCUT2D eigenvalue weighted by Gasteiger charge is 2.13. The summed E-state index contributed by atoms with van der Waals surface area (Å²) in [5.41, 5.74) is 0.892. The number of hydrogen-bond donors (Lipinski definition) is 2. The number of nitrogens with one attached hydrogen (secondary N) is 1. The van der Waals surface area contributed by atoms with Crippen LogP contribution in [-0.2, 0) is 10.0 Å². The van der Waals surface area contributed by atoms with E-state index < -0.39 is 10.0 Å². The second kappa shape index (κ2) is 6.32. The van der Waals surface area contributed by atoms with Crippen LogP contribution in [0.1, 0.15) is 38.3 Å². The third kappa shape index (κ3) is 5.01. The van der Waals surface area contributed by atoms with Crippen LogP contribution in [0.5, 0.6) is 0 Å². The Hall–Kier alpha value is -0.660. The van der Waals surface area contributed by atoms with Crippen LogP contribution >= 0.6 is 11.3 Å². The van der Waals surface area contributed by atoms with Gasteiger partial charge in [0.2, 0.25) is 10.0 Å². The number of thiazole rings is 1. The predicted molar refractivity (Wildman–Crippen MR) is 69.9 cm³/mol. The molecule has 17 heavy (non-hydrogen) atoms. The summed E-state index contributed by atoms with van der Waals surface area (Å²) in [4.78, 5) is 4.20. The SMILES string of the molecule is CC(C)c1csc(NS(=O)(=O)CCCCO)n1. The van der Waals surface area contributed by atoms with Gasteiger partial charge in [-0.1, -0.05) is 13.8 Å². The molecule has 5 nitrogen and oxygen atoms in total. The molecule has 7 heteroatoms. The molecule has 98 valence electrons. The Morgan fingerprint density at radius 1 is 1.47 bits per heavy atom. The highest BCUT2D eigenvalue weighted by molar-refractivity contribution is 7.92. The molecular weight excluding hydrogens is 260 g/mol. The molecule has 0 unspecified atom stereocenters. The fourth-order valence-corrected chi connectivity index (χ4v) is 3.47. The summed E-state index contributed by atoms with van der Waals surface area (Å²) in [5.74, 6) is 0.309. The molecule has 0 aliphatic heterocycles. The van der Waals surface area contributed by atoms with Gasteiger partial charge < -0.3 is 5.11 Å². The zero-order chi connectivity index (χ0) is 12.9. The first-order valence-electron chi connectivity index (χ1n) is 5.51. The van der Waals surface area contributed by atoms with E-state index in [9.17, 15) is 8.42 Å². The van der Waals surface area contributed by atoms with Crippen molar-refractivity contribution < 1.29 is 13.5 Å². The lowest BCUT2D eigenvalue weighted by atomic mass is 10.2. The van der Waals surface area contributed by atoms with Crippen LogP contribution in [0.25, 0.3) is 0 Å². The van der Waals surface area contributed by atoms with Gasteiger partial charge >= 0.3 is 0 Å². The zero-order valence-corrected chi connectivity index (χ0v) is 11.6. The number of aliphatic hydroxyl groups excluding tert-OH is 1. The van der Waals surface area contributed by atoms with E-state index in [1.165, 1.54) is 11.3 Å². The average molecular weight is 278 g/mol. The Bertz CT molecular complexity index is 440. The monoisotopic (exact) mass is 278 g/mol. The molecule has 0 amide bonds. The Morgan fingerprint density at radius 3 is 2.71 bits per heavy atom. The van der Waals surface area contributed by atoms with Gasteiger partial charge in [-0.05, 0) is 18.8 Å². The maximum atomic E-state index is 11.6. The van der Waals surface area contributed by atoms with Gasteiger partial charge in [-0.25, -0.2) is 13.4 Å². The van der Waals surface area contributed by atoms with E-state index in [2.05, 4.69) is 9.71 Å². The van der Waals surface area contributed by atoms with E-state index in [1.807, 2.05) is 19.2 Å². The Balaban J connectivity index is 2.57. The van der Waals surface area contributed by atoms with Crippen LogP contribution in [0.2, 0.25) is 0 Å². The number of anilines is 1. The fourth-order valence-electron chi connectivity index (χ4n) is 1.19. The van der Waals surface area contributed by atoms with Gasteiger partial charge in [0, 0.05) is 12.0 Å². The Kier molecular flexibility index (Phi) is 5.35. The van der Waals surface area contributed by atoms with Crippen molar-refractivity contribution in [1.29, 1.82) is 0 Å². The van der Waals surface area contributed by atoms with Crippen LogP contribution in [0, 0.1) is 0 Å². The first-order valence-corrected chi connectivity index (χ1v) is 8.04.